The van der Waals surface area contributed by atoms with Crippen LogP contribution in [0.15, 0.2) is 42.5 Å². The summed E-state index contributed by atoms with van der Waals surface area (Å²) in [6, 6.07) is 9.40. The van der Waals surface area contributed by atoms with Gasteiger partial charge in [0.2, 0.25) is 0 Å². The highest BCUT2D eigenvalue weighted by Gasteiger charge is 2.37. The Balaban J connectivity index is 1.62. The molecule has 1 atom stereocenters. The molecule has 2 aromatic heterocycles. The van der Waals surface area contributed by atoms with E-state index in [1.54, 1.807) is 4.52 Å². The van der Waals surface area contributed by atoms with E-state index in [1.165, 1.54) is 0 Å². The first-order valence-electron chi connectivity index (χ1n) is 14.1. The van der Waals surface area contributed by atoms with Crippen molar-refractivity contribution in [2.75, 3.05) is 24.6 Å². The summed E-state index contributed by atoms with van der Waals surface area (Å²) in [6.07, 6.45) is 4.96. The minimum Gasteiger partial charge on any atom is -0.479 e. The zero-order valence-electron chi connectivity index (χ0n) is 24.4. The highest BCUT2D eigenvalue weighted by Crippen LogP contribution is 2.37. The molecule has 4 bridgehead atoms. The summed E-state index contributed by atoms with van der Waals surface area (Å²) in [6.45, 7) is 11.4. The summed E-state index contributed by atoms with van der Waals surface area (Å²) in [4.78, 5) is 32.7. The van der Waals surface area contributed by atoms with Gasteiger partial charge in [0.1, 0.15) is 5.82 Å². The number of piperidine rings is 1. The Morgan fingerprint density at radius 1 is 1.20 bits per heavy atom. The minimum atomic E-state index is -1.24. The van der Waals surface area contributed by atoms with Gasteiger partial charge in [0.25, 0.3) is 5.91 Å². The third kappa shape index (κ3) is 6.28. The average molecular weight is 562 g/mol. The number of allylic oxidation sites excluding steroid dienone is 1. The van der Waals surface area contributed by atoms with Crippen LogP contribution in [0.5, 0.6) is 0 Å². The van der Waals surface area contributed by atoms with Gasteiger partial charge < -0.3 is 24.8 Å². The molecule has 5 heterocycles. The lowest BCUT2D eigenvalue weighted by Gasteiger charge is -2.41. The second kappa shape index (κ2) is 11.3. The van der Waals surface area contributed by atoms with Crippen LogP contribution in [0.4, 0.5) is 5.82 Å². The van der Waals surface area contributed by atoms with Gasteiger partial charge in [-0.3, -0.25) is 4.79 Å². The number of carbonyl (C=O) groups is 2. The standard InChI is InChI=1S/C31H39N5O5/c1-20-25(26(29(38)39)41-30(2,3)4)28-35-15-13-31(5,14-16-35)40-17-9-8-11-21-10-6-7-12-23(21)27(37)32-19-22-18-24(33-20)36(28)34-22/h6-10,12,18,26H,11,13-17,19H2,1-5H3,(H,32,37)(H,38,39)/t26-/m0/s1. The molecule has 3 aliphatic rings. The van der Waals surface area contributed by atoms with Crippen molar-refractivity contribution < 1.29 is 24.2 Å². The van der Waals surface area contributed by atoms with E-state index >= 15 is 0 Å². The number of aliphatic carboxylic acids is 1. The number of carboxylic acid groups (broad SMARTS) is 1. The molecular formula is C31H39N5O5. The molecule has 10 heteroatoms. The number of aryl methyl sites for hydroxylation is 1. The maximum atomic E-state index is 13.2. The van der Waals surface area contributed by atoms with Crippen LogP contribution in [-0.2, 0) is 27.2 Å². The normalized spacial score (nSPS) is 18.6. The molecule has 2 N–H and O–H groups in total. The predicted molar refractivity (Wildman–Crippen MR) is 155 cm³/mol. The molecular weight excluding hydrogens is 522 g/mol. The molecule has 10 nitrogen and oxygen atoms in total. The average Bonchev–Trinajstić information content (AvgIpc) is 3.32. The Bertz CT molecular complexity index is 1480. The summed E-state index contributed by atoms with van der Waals surface area (Å²) in [5, 5.41) is 18.1. The lowest BCUT2D eigenvalue weighted by molar-refractivity contribution is -0.160. The quantitative estimate of drug-likeness (QED) is 0.452. The summed E-state index contributed by atoms with van der Waals surface area (Å²) in [5.74, 6) is -0.626. The zero-order valence-corrected chi connectivity index (χ0v) is 24.4. The Kier molecular flexibility index (Phi) is 7.89. The monoisotopic (exact) mass is 561 g/mol. The molecule has 6 rings (SSSR count). The van der Waals surface area contributed by atoms with Gasteiger partial charge in [-0.15, -0.1) is 0 Å². The number of ether oxygens (including phenoxy) is 2. The Labute approximate surface area is 240 Å². The summed E-state index contributed by atoms with van der Waals surface area (Å²) in [7, 11) is 0. The van der Waals surface area contributed by atoms with Crippen molar-refractivity contribution in [1.29, 1.82) is 0 Å². The molecule has 0 spiro atoms. The van der Waals surface area contributed by atoms with Crippen molar-refractivity contribution in [2.24, 2.45) is 0 Å². The van der Waals surface area contributed by atoms with Gasteiger partial charge in [-0.05, 0) is 65.5 Å². The number of benzene rings is 1. The van der Waals surface area contributed by atoms with Crippen molar-refractivity contribution in [3.63, 3.8) is 0 Å². The number of rotatable bonds is 3. The Morgan fingerprint density at radius 3 is 2.63 bits per heavy atom. The van der Waals surface area contributed by atoms with Gasteiger partial charge in [-0.1, -0.05) is 30.4 Å². The fraction of sp³-hybridized carbons (Fsp3) is 0.484. The molecule has 41 heavy (non-hydrogen) atoms. The van der Waals surface area contributed by atoms with Crippen LogP contribution in [0.2, 0.25) is 0 Å². The first-order valence-corrected chi connectivity index (χ1v) is 14.1. The molecule has 1 saturated heterocycles. The van der Waals surface area contributed by atoms with E-state index in [4.69, 9.17) is 19.6 Å². The van der Waals surface area contributed by atoms with Crippen LogP contribution in [0.25, 0.3) is 5.65 Å². The van der Waals surface area contributed by atoms with E-state index in [0.29, 0.717) is 60.1 Å². The molecule has 218 valence electrons. The fourth-order valence-corrected chi connectivity index (χ4v) is 5.50. The summed E-state index contributed by atoms with van der Waals surface area (Å²) >= 11 is 0. The highest BCUT2D eigenvalue weighted by atomic mass is 16.5. The molecule has 0 saturated carbocycles. The van der Waals surface area contributed by atoms with E-state index in [0.717, 1.165) is 18.4 Å². The maximum absolute atomic E-state index is 13.2. The predicted octanol–water partition coefficient (Wildman–Crippen LogP) is 4.40. The maximum Gasteiger partial charge on any atom is 0.337 e. The topological polar surface area (TPSA) is 118 Å². The van der Waals surface area contributed by atoms with Crippen molar-refractivity contribution >= 4 is 23.3 Å². The van der Waals surface area contributed by atoms with Crippen LogP contribution in [0.3, 0.4) is 0 Å². The number of carbonyl (C=O) groups excluding carboxylic acids is 1. The lowest BCUT2D eigenvalue weighted by Crippen LogP contribution is -2.45. The summed E-state index contributed by atoms with van der Waals surface area (Å²) < 4.78 is 14.1. The zero-order chi connectivity index (χ0) is 29.4. The summed E-state index contributed by atoms with van der Waals surface area (Å²) in [5.41, 5.74) is 2.76. The molecule has 0 aliphatic carbocycles. The van der Waals surface area contributed by atoms with Gasteiger partial charge in [0, 0.05) is 30.4 Å². The molecule has 0 radical (unpaired) electrons. The van der Waals surface area contributed by atoms with Crippen LogP contribution >= 0.6 is 0 Å². The second-order valence-corrected chi connectivity index (χ2v) is 12.1. The van der Waals surface area contributed by atoms with Crippen molar-refractivity contribution in [3.05, 3.63) is 70.6 Å². The largest absolute Gasteiger partial charge is 0.479 e. The van der Waals surface area contributed by atoms with Crippen molar-refractivity contribution in [1.82, 2.24) is 19.9 Å². The number of amides is 1. The number of nitrogens with zero attached hydrogens (tertiary/aromatic N) is 4. The molecule has 1 amide bonds. The van der Waals surface area contributed by atoms with Gasteiger partial charge in [0.15, 0.2) is 11.8 Å². The lowest BCUT2D eigenvalue weighted by atomic mass is 9.92. The molecule has 1 fully saturated rings. The van der Waals surface area contributed by atoms with Gasteiger partial charge >= 0.3 is 5.97 Å². The Morgan fingerprint density at radius 2 is 1.93 bits per heavy atom. The van der Waals surface area contributed by atoms with E-state index in [2.05, 4.69) is 17.1 Å². The number of hydrogen-bond acceptors (Lipinski definition) is 7. The SMILES string of the molecule is Cc1nc2cc3nn2c(c1[C@H](OC(C)(C)C)C(=O)O)N1CCC(C)(CC1)OCC=CCc1ccccc1C(=O)NC3. The number of carboxylic acids is 1. The fourth-order valence-electron chi connectivity index (χ4n) is 5.50. The first-order chi connectivity index (χ1) is 19.4. The third-order valence-electron chi connectivity index (χ3n) is 7.66. The highest BCUT2D eigenvalue weighted by molar-refractivity contribution is 5.95. The number of hydrogen-bond donors (Lipinski definition) is 2. The van der Waals surface area contributed by atoms with Gasteiger partial charge in [-0.25, -0.2) is 9.78 Å². The van der Waals surface area contributed by atoms with Crippen LogP contribution in [0, 0.1) is 6.92 Å². The van der Waals surface area contributed by atoms with Gasteiger partial charge in [-0.2, -0.15) is 9.61 Å². The van der Waals surface area contributed by atoms with Crippen LogP contribution in [0.1, 0.15) is 79.5 Å². The van der Waals surface area contributed by atoms with Gasteiger partial charge in [0.05, 0.1) is 35.6 Å². The number of anilines is 1. The number of aromatic nitrogens is 3. The molecule has 0 unspecified atom stereocenters. The van der Waals surface area contributed by atoms with E-state index in [-0.39, 0.29) is 18.1 Å². The van der Waals surface area contributed by atoms with Crippen molar-refractivity contribution in [2.45, 2.75) is 77.7 Å². The smallest absolute Gasteiger partial charge is 0.337 e. The van der Waals surface area contributed by atoms with Crippen LogP contribution < -0.4 is 10.2 Å². The van der Waals surface area contributed by atoms with E-state index < -0.39 is 17.7 Å². The number of nitrogens with one attached hydrogen (secondary N) is 1. The first kappa shape index (κ1) is 28.8. The molecule has 3 aromatic rings. The molecule has 1 aromatic carbocycles. The number of fused-ring (bicyclic) bond motifs is 7. The second-order valence-electron chi connectivity index (χ2n) is 12.1. The molecule has 3 aliphatic heterocycles. The third-order valence-corrected chi connectivity index (χ3v) is 7.66. The van der Waals surface area contributed by atoms with E-state index in [9.17, 15) is 14.7 Å². The van der Waals surface area contributed by atoms with Crippen LogP contribution in [-0.4, -0.2) is 62.5 Å². The van der Waals surface area contributed by atoms with E-state index in [1.807, 2.05) is 70.2 Å². The Hall–Kier alpha value is -3.76. The minimum absolute atomic E-state index is 0.187. The van der Waals surface area contributed by atoms with Crippen molar-refractivity contribution in [3.8, 4) is 0 Å².